The minimum absolute atomic E-state index is 0.413. The summed E-state index contributed by atoms with van der Waals surface area (Å²) in [6.07, 6.45) is 2.73. The summed E-state index contributed by atoms with van der Waals surface area (Å²) >= 11 is 3.30. The molecule has 1 heterocycles. The molecule has 0 radical (unpaired) electrons. The summed E-state index contributed by atoms with van der Waals surface area (Å²) in [4.78, 5) is 21.6. The Morgan fingerprint density at radius 1 is 1.23 bits per heavy atom. The van der Waals surface area contributed by atoms with E-state index in [0.29, 0.717) is 11.7 Å². The van der Waals surface area contributed by atoms with E-state index in [4.69, 9.17) is 4.74 Å². The summed E-state index contributed by atoms with van der Waals surface area (Å²) < 4.78 is 10.9. The van der Waals surface area contributed by atoms with E-state index in [0.717, 1.165) is 10.2 Å². The molecule has 1 aromatic carbocycles. The van der Waals surface area contributed by atoms with E-state index in [1.165, 1.54) is 7.11 Å². The van der Waals surface area contributed by atoms with Crippen LogP contribution in [0, 0.1) is 0 Å². The van der Waals surface area contributed by atoms with Gasteiger partial charge in [-0.25, -0.2) is 14.8 Å². The number of carbonyl (C=O) groups excluding carboxylic acids is 1. The molecule has 0 fully saturated rings. The lowest BCUT2D eigenvalue weighted by atomic mass is 10.3. The quantitative estimate of drug-likeness (QED) is 0.759. The normalized spacial score (nSPS) is 11.6. The van der Waals surface area contributed by atoms with Gasteiger partial charge >= 0.3 is 5.97 Å². The number of hydrogen-bond acceptors (Lipinski definition) is 6. The standard InChI is InChI=1S/C15H16BrN3O3/c1-10(14(20)21-3)22-13-6-4-12(5-7-13)19(2)15-17-8-11(16)9-18-15/h4-10H,1-3H3. The Bertz CT molecular complexity index is 631. The van der Waals surface area contributed by atoms with Gasteiger partial charge in [-0.15, -0.1) is 0 Å². The average Bonchev–Trinajstić information content (AvgIpc) is 2.54. The summed E-state index contributed by atoms with van der Waals surface area (Å²) in [7, 11) is 3.20. The second kappa shape index (κ2) is 7.22. The Hall–Kier alpha value is -2.15. The molecule has 0 N–H and O–H groups in total. The number of anilines is 2. The van der Waals surface area contributed by atoms with Gasteiger partial charge in [-0.05, 0) is 47.1 Å². The number of esters is 1. The smallest absolute Gasteiger partial charge is 0.346 e. The highest BCUT2D eigenvalue weighted by molar-refractivity contribution is 9.10. The van der Waals surface area contributed by atoms with E-state index < -0.39 is 12.1 Å². The Balaban J connectivity index is 2.08. The molecule has 0 saturated heterocycles. The number of aromatic nitrogens is 2. The average molecular weight is 366 g/mol. The predicted octanol–water partition coefficient (Wildman–Crippen LogP) is 2.95. The van der Waals surface area contributed by atoms with Crippen LogP contribution in [0.25, 0.3) is 0 Å². The fraction of sp³-hybridized carbons (Fsp3) is 0.267. The number of ether oxygens (including phenoxy) is 2. The molecule has 1 atom stereocenters. The molecule has 1 aromatic heterocycles. The van der Waals surface area contributed by atoms with Gasteiger partial charge in [0.25, 0.3) is 0 Å². The highest BCUT2D eigenvalue weighted by Crippen LogP contribution is 2.24. The van der Waals surface area contributed by atoms with Crippen LogP contribution >= 0.6 is 15.9 Å². The van der Waals surface area contributed by atoms with E-state index in [9.17, 15) is 4.79 Å². The maximum absolute atomic E-state index is 11.3. The number of nitrogens with zero attached hydrogens (tertiary/aromatic N) is 3. The lowest BCUT2D eigenvalue weighted by Crippen LogP contribution is -2.24. The minimum atomic E-state index is -0.650. The summed E-state index contributed by atoms with van der Waals surface area (Å²) in [6, 6.07) is 7.30. The zero-order chi connectivity index (χ0) is 16.1. The minimum Gasteiger partial charge on any atom is -0.479 e. The van der Waals surface area contributed by atoms with Crippen LogP contribution in [0.3, 0.4) is 0 Å². The molecule has 0 aliphatic heterocycles. The molecule has 0 aliphatic rings. The van der Waals surface area contributed by atoms with Crippen molar-refractivity contribution in [3.8, 4) is 5.75 Å². The summed E-state index contributed by atoms with van der Waals surface area (Å²) in [5.41, 5.74) is 0.903. The van der Waals surface area contributed by atoms with Gasteiger partial charge < -0.3 is 14.4 Å². The molecule has 0 spiro atoms. The third kappa shape index (κ3) is 3.94. The van der Waals surface area contributed by atoms with Crippen molar-refractivity contribution in [2.24, 2.45) is 0 Å². The van der Waals surface area contributed by atoms with Crippen molar-refractivity contribution in [2.45, 2.75) is 13.0 Å². The molecule has 0 aliphatic carbocycles. The SMILES string of the molecule is COC(=O)C(C)Oc1ccc(N(C)c2ncc(Br)cn2)cc1. The molecule has 0 amide bonds. The molecule has 116 valence electrons. The third-order valence-corrected chi connectivity index (χ3v) is 3.39. The van der Waals surface area contributed by atoms with Crippen LogP contribution in [0.15, 0.2) is 41.1 Å². The monoisotopic (exact) mass is 365 g/mol. The van der Waals surface area contributed by atoms with Crippen LogP contribution in [0.5, 0.6) is 5.75 Å². The van der Waals surface area contributed by atoms with Crippen LogP contribution in [-0.4, -0.2) is 36.2 Å². The van der Waals surface area contributed by atoms with Crippen molar-refractivity contribution in [3.63, 3.8) is 0 Å². The number of hydrogen-bond donors (Lipinski definition) is 0. The first-order valence-corrected chi connectivity index (χ1v) is 7.36. The topological polar surface area (TPSA) is 64.6 Å². The molecular weight excluding hydrogens is 350 g/mol. The maximum atomic E-state index is 11.3. The Labute approximate surface area is 137 Å². The highest BCUT2D eigenvalue weighted by atomic mass is 79.9. The molecule has 1 unspecified atom stereocenters. The second-order valence-electron chi connectivity index (χ2n) is 4.54. The zero-order valence-electron chi connectivity index (χ0n) is 12.5. The first kappa shape index (κ1) is 16.2. The highest BCUT2D eigenvalue weighted by Gasteiger charge is 2.15. The number of benzene rings is 1. The summed E-state index contributed by atoms with van der Waals surface area (Å²) in [5, 5.41) is 0. The van der Waals surface area contributed by atoms with Crippen molar-refractivity contribution in [2.75, 3.05) is 19.1 Å². The first-order chi connectivity index (χ1) is 10.5. The van der Waals surface area contributed by atoms with Gasteiger partial charge in [0.2, 0.25) is 5.95 Å². The largest absolute Gasteiger partial charge is 0.479 e. The molecule has 0 saturated carbocycles. The Morgan fingerprint density at radius 2 is 1.82 bits per heavy atom. The van der Waals surface area contributed by atoms with Crippen LogP contribution in [0.2, 0.25) is 0 Å². The predicted molar refractivity (Wildman–Crippen MR) is 86.3 cm³/mol. The Kier molecular flexibility index (Phi) is 5.32. The number of carbonyl (C=O) groups is 1. The van der Waals surface area contributed by atoms with Gasteiger partial charge in [0.15, 0.2) is 6.10 Å². The van der Waals surface area contributed by atoms with Crippen LogP contribution in [-0.2, 0) is 9.53 Å². The fourth-order valence-corrected chi connectivity index (χ4v) is 1.97. The fourth-order valence-electron chi connectivity index (χ4n) is 1.76. The van der Waals surface area contributed by atoms with Crippen LogP contribution < -0.4 is 9.64 Å². The number of rotatable bonds is 5. The number of halogens is 1. The van der Waals surface area contributed by atoms with Gasteiger partial charge in [0.05, 0.1) is 11.6 Å². The van der Waals surface area contributed by atoms with Crippen LogP contribution in [0.1, 0.15) is 6.92 Å². The lowest BCUT2D eigenvalue weighted by Gasteiger charge is -2.18. The van der Waals surface area contributed by atoms with Gasteiger partial charge in [0.1, 0.15) is 5.75 Å². The van der Waals surface area contributed by atoms with Crippen molar-refractivity contribution >= 4 is 33.5 Å². The van der Waals surface area contributed by atoms with E-state index in [2.05, 4.69) is 30.6 Å². The number of methoxy groups -OCH3 is 1. The van der Waals surface area contributed by atoms with Gasteiger partial charge in [-0.1, -0.05) is 0 Å². The van der Waals surface area contributed by atoms with Gasteiger partial charge in [-0.3, -0.25) is 0 Å². The van der Waals surface area contributed by atoms with Gasteiger partial charge in [-0.2, -0.15) is 0 Å². The molecule has 2 aromatic rings. The lowest BCUT2D eigenvalue weighted by molar-refractivity contribution is -0.147. The van der Waals surface area contributed by atoms with Crippen LogP contribution in [0.4, 0.5) is 11.6 Å². The summed E-state index contributed by atoms with van der Waals surface area (Å²) in [6.45, 7) is 1.64. The van der Waals surface area contributed by atoms with Crippen molar-refractivity contribution in [1.29, 1.82) is 0 Å². The molecular formula is C15H16BrN3O3. The molecule has 7 heteroatoms. The zero-order valence-corrected chi connectivity index (χ0v) is 14.1. The third-order valence-electron chi connectivity index (χ3n) is 2.98. The molecule has 2 rings (SSSR count). The van der Waals surface area contributed by atoms with Crippen molar-refractivity contribution < 1.29 is 14.3 Å². The Morgan fingerprint density at radius 3 is 2.36 bits per heavy atom. The maximum Gasteiger partial charge on any atom is 0.346 e. The van der Waals surface area contributed by atoms with Crippen molar-refractivity contribution in [3.05, 3.63) is 41.1 Å². The van der Waals surface area contributed by atoms with Crippen molar-refractivity contribution in [1.82, 2.24) is 9.97 Å². The van der Waals surface area contributed by atoms with E-state index >= 15 is 0 Å². The molecule has 0 bridgehead atoms. The van der Waals surface area contributed by atoms with Gasteiger partial charge in [0, 0.05) is 25.1 Å². The molecule has 6 nitrogen and oxygen atoms in total. The van der Waals surface area contributed by atoms with E-state index in [1.54, 1.807) is 31.5 Å². The van der Waals surface area contributed by atoms with E-state index in [-0.39, 0.29) is 0 Å². The summed E-state index contributed by atoms with van der Waals surface area (Å²) in [5.74, 6) is 0.760. The first-order valence-electron chi connectivity index (χ1n) is 6.57. The second-order valence-corrected chi connectivity index (χ2v) is 5.45. The van der Waals surface area contributed by atoms with E-state index in [1.807, 2.05) is 24.1 Å². The molecule has 22 heavy (non-hydrogen) atoms.